The highest BCUT2D eigenvalue weighted by atomic mass is 79.9. The van der Waals surface area contributed by atoms with E-state index < -0.39 is 15.7 Å². The van der Waals surface area contributed by atoms with Crippen LogP contribution in [0.5, 0.6) is 0 Å². The molecule has 1 aromatic rings. The van der Waals surface area contributed by atoms with Crippen molar-refractivity contribution in [3.8, 4) is 0 Å². The number of aliphatic hydroxyl groups is 1. The second kappa shape index (κ2) is 11.2. The molecule has 0 aromatic heterocycles. The molecular formula is C23H35BrClN3O3S2. The van der Waals surface area contributed by atoms with Crippen molar-refractivity contribution in [1.29, 1.82) is 0 Å². The Balaban J connectivity index is 0.00000306. The maximum absolute atomic E-state index is 12.0. The van der Waals surface area contributed by atoms with Crippen LogP contribution < -0.4 is 22.1 Å². The van der Waals surface area contributed by atoms with Crippen molar-refractivity contribution in [3.05, 3.63) is 28.8 Å². The number of amidine groups is 1. The lowest BCUT2D eigenvalue weighted by Crippen LogP contribution is -3.00. The van der Waals surface area contributed by atoms with Gasteiger partial charge >= 0.3 is 5.17 Å². The molecule has 2 saturated carbocycles. The number of nitrogens with zero attached hydrogens (tertiary/aromatic N) is 2. The fourth-order valence-corrected chi connectivity index (χ4v) is 8.24. The third-order valence-electron chi connectivity index (χ3n) is 7.25. The van der Waals surface area contributed by atoms with Gasteiger partial charge in [-0.2, -0.15) is 0 Å². The molecule has 0 radical (unpaired) electrons. The summed E-state index contributed by atoms with van der Waals surface area (Å²) in [6, 6.07) is 5.70. The van der Waals surface area contributed by atoms with E-state index in [-0.39, 0.29) is 26.9 Å². The molecule has 10 heteroatoms. The Bertz CT molecular complexity index is 959. The number of hydrogen-bond donors (Lipinski definition) is 2. The van der Waals surface area contributed by atoms with Gasteiger partial charge in [0, 0.05) is 5.56 Å². The smallest absolute Gasteiger partial charge is 0.311 e. The minimum atomic E-state index is -3.99. The predicted octanol–water partition coefficient (Wildman–Crippen LogP) is 1.24. The molecule has 3 aliphatic rings. The van der Waals surface area contributed by atoms with Crippen LogP contribution in [0.2, 0.25) is 5.02 Å². The fourth-order valence-electron chi connectivity index (χ4n) is 5.63. The standard InChI is InChI=1S/C23H35ClN3O3S2.BrH/c1-2-26-22(27(18-9-5-3-6-10-18)19-11-7-4-8-12-19)31-16-23(26,28)17-13-14-20(24)21(15-17)32(25,29)30;/h13-15,18-19,28H,2-12,16H2,1H3,(H2,25,29,30);1H/q+1;/p-1. The molecule has 3 N–H and O–H groups in total. The van der Waals surface area contributed by atoms with E-state index >= 15 is 0 Å². The van der Waals surface area contributed by atoms with Gasteiger partial charge < -0.3 is 22.1 Å². The summed E-state index contributed by atoms with van der Waals surface area (Å²) in [5, 5.41) is 18.5. The molecule has 1 aromatic carbocycles. The Morgan fingerprint density at radius 2 is 1.67 bits per heavy atom. The SMILES string of the molecule is CCN1C(=[N+](C2CCCCC2)C2CCCCC2)SCC1(O)c1ccc(Cl)c(S(N)(=O)=O)c1.[Br-]. The summed E-state index contributed by atoms with van der Waals surface area (Å²) < 4.78 is 26.7. The topological polar surface area (TPSA) is 86.6 Å². The Kier molecular flexibility index (Phi) is 9.23. The molecule has 1 aliphatic heterocycles. The van der Waals surface area contributed by atoms with Gasteiger partial charge in [0.2, 0.25) is 15.7 Å². The predicted molar refractivity (Wildman–Crippen MR) is 131 cm³/mol. The first-order valence-electron chi connectivity index (χ1n) is 11.9. The van der Waals surface area contributed by atoms with E-state index in [2.05, 4.69) is 9.48 Å². The molecule has 3 fully saturated rings. The zero-order chi connectivity index (χ0) is 22.9. The number of thioether (sulfide) groups is 1. The molecule has 0 amide bonds. The molecule has 1 saturated heterocycles. The molecule has 1 atom stereocenters. The van der Waals surface area contributed by atoms with Crippen LogP contribution in [0.4, 0.5) is 0 Å². The number of sulfonamides is 1. The van der Waals surface area contributed by atoms with E-state index in [9.17, 15) is 13.5 Å². The van der Waals surface area contributed by atoms with E-state index in [4.69, 9.17) is 16.7 Å². The van der Waals surface area contributed by atoms with E-state index in [1.165, 1.54) is 76.3 Å². The van der Waals surface area contributed by atoms with Crippen molar-refractivity contribution in [2.45, 2.75) is 93.8 Å². The first kappa shape index (κ1) is 27.3. The van der Waals surface area contributed by atoms with Crippen molar-refractivity contribution < 1.29 is 35.1 Å². The summed E-state index contributed by atoms with van der Waals surface area (Å²) in [6.07, 6.45) is 12.5. The first-order chi connectivity index (χ1) is 15.3. The molecule has 1 heterocycles. The van der Waals surface area contributed by atoms with Gasteiger partial charge in [0.05, 0.1) is 29.4 Å². The van der Waals surface area contributed by atoms with Crippen molar-refractivity contribution in [1.82, 2.24) is 4.90 Å². The summed E-state index contributed by atoms with van der Waals surface area (Å²) in [4.78, 5) is 1.92. The van der Waals surface area contributed by atoms with E-state index in [1.54, 1.807) is 17.8 Å². The Labute approximate surface area is 217 Å². The van der Waals surface area contributed by atoms with Crippen LogP contribution in [0.15, 0.2) is 23.1 Å². The zero-order valence-corrected chi connectivity index (χ0v) is 23.2. The molecule has 0 spiro atoms. The number of primary sulfonamides is 1. The summed E-state index contributed by atoms with van der Waals surface area (Å²) >= 11 is 7.81. The van der Waals surface area contributed by atoms with Gasteiger partial charge in [-0.3, -0.25) is 4.58 Å². The maximum atomic E-state index is 12.0. The minimum Gasteiger partial charge on any atom is -1.00 e. The average Bonchev–Trinajstić information content (AvgIpc) is 3.12. The number of nitrogens with two attached hydrogens (primary N) is 1. The molecular weight excluding hydrogens is 546 g/mol. The van der Waals surface area contributed by atoms with Crippen LogP contribution in [-0.2, 0) is 15.7 Å². The normalized spacial score (nSPS) is 25.2. The highest BCUT2D eigenvalue weighted by molar-refractivity contribution is 8.13. The molecule has 33 heavy (non-hydrogen) atoms. The van der Waals surface area contributed by atoms with Gasteiger partial charge in [-0.05, 0) is 82.2 Å². The Morgan fingerprint density at radius 3 is 2.15 bits per heavy atom. The minimum absolute atomic E-state index is 0. The fraction of sp³-hybridized carbons (Fsp3) is 0.696. The number of benzene rings is 1. The third kappa shape index (κ3) is 5.59. The largest absolute Gasteiger partial charge is 1.00 e. The third-order valence-corrected chi connectivity index (χ3v) is 9.88. The second-order valence-corrected chi connectivity index (χ2v) is 12.2. The zero-order valence-electron chi connectivity index (χ0n) is 19.2. The van der Waals surface area contributed by atoms with Crippen LogP contribution in [0, 0.1) is 0 Å². The summed E-state index contributed by atoms with van der Waals surface area (Å²) in [5.74, 6) is 0.442. The maximum Gasteiger partial charge on any atom is 0.311 e. The average molecular weight is 581 g/mol. The Morgan fingerprint density at radius 1 is 1.12 bits per heavy atom. The van der Waals surface area contributed by atoms with Crippen LogP contribution in [0.1, 0.15) is 76.7 Å². The quantitative estimate of drug-likeness (QED) is 0.512. The van der Waals surface area contributed by atoms with E-state index in [1.807, 2.05) is 6.92 Å². The molecule has 4 rings (SSSR count). The van der Waals surface area contributed by atoms with Crippen molar-refractivity contribution in [2.75, 3.05) is 12.3 Å². The first-order valence-corrected chi connectivity index (χ1v) is 14.8. The van der Waals surface area contributed by atoms with Gasteiger partial charge in [-0.25, -0.2) is 18.5 Å². The van der Waals surface area contributed by atoms with Crippen LogP contribution >= 0.6 is 23.4 Å². The molecule has 0 bridgehead atoms. The molecule has 6 nitrogen and oxygen atoms in total. The van der Waals surface area contributed by atoms with E-state index in [0.29, 0.717) is 29.9 Å². The second-order valence-electron chi connectivity index (χ2n) is 9.31. The number of halogens is 2. The van der Waals surface area contributed by atoms with Gasteiger partial charge in [0.15, 0.2) is 0 Å². The van der Waals surface area contributed by atoms with Crippen molar-refractivity contribution in [2.24, 2.45) is 5.14 Å². The lowest BCUT2D eigenvalue weighted by atomic mass is 9.90. The molecule has 2 aliphatic carbocycles. The van der Waals surface area contributed by atoms with Crippen molar-refractivity contribution in [3.63, 3.8) is 0 Å². The van der Waals surface area contributed by atoms with E-state index in [0.717, 1.165) is 5.17 Å². The highest BCUT2D eigenvalue weighted by Crippen LogP contribution is 2.42. The van der Waals surface area contributed by atoms with Crippen LogP contribution in [0.25, 0.3) is 0 Å². The molecule has 186 valence electrons. The van der Waals surface area contributed by atoms with Gasteiger partial charge in [0.1, 0.15) is 4.90 Å². The van der Waals surface area contributed by atoms with Crippen molar-refractivity contribution >= 4 is 38.6 Å². The lowest BCUT2D eigenvalue weighted by molar-refractivity contribution is -0.609. The van der Waals surface area contributed by atoms with Gasteiger partial charge in [-0.15, -0.1) is 0 Å². The van der Waals surface area contributed by atoms with Gasteiger partial charge in [-0.1, -0.05) is 30.5 Å². The monoisotopic (exact) mass is 579 g/mol. The number of hydrogen-bond acceptors (Lipinski definition) is 4. The summed E-state index contributed by atoms with van der Waals surface area (Å²) in [6.45, 7) is 2.68. The summed E-state index contributed by atoms with van der Waals surface area (Å²) in [7, 11) is -3.99. The lowest BCUT2D eigenvalue weighted by Gasteiger charge is -2.35. The summed E-state index contributed by atoms with van der Waals surface area (Å²) in [5.41, 5.74) is -0.789. The Hall–Kier alpha value is -0.320. The van der Waals surface area contributed by atoms with Gasteiger partial charge in [0.25, 0.3) is 0 Å². The highest BCUT2D eigenvalue weighted by Gasteiger charge is 2.53. The number of rotatable bonds is 5. The van der Waals surface area contributed by atoms with Crippen LogP contribution in [0.3, 0.4) is 0 Å². The molecule has 1 unspecified atom stereocenters. The van der Waals surface area contributed by atoms with Crippen LogP contribution in [-0.4, -0.2) is 52.5 Å².